The van der Waals surface area contributed by atoms with Crippen LogP contribution in [0.15, 0.2) is 12.4 Å². The second-order valence-corrected chi connectivity index (χ2v) is 6.10. The summed E-state index contributed by atoms with van der Waals surface area (Å²) in [6.07, 6.45) is -0.840. The van der Waals surface area contributed by atoms with Crippen molar-refractivity contribution in [1.82, 2.24) is 20.0 Å². The van der Waals surface area contributed by atoms with Crippen LogP contribution in [-0.4, -0.2) is 51.3 Å². The molecule has 1 fully saturated rings. The number of likely N-dealkylation sites (tertiary alicyclic amines) is 1. The fourth-order valence-corrected chi connectivity index (χ4v) is 2.99. The molecule has 0 unspecified atom stereocenters. The predicted octanol–water partition coefficient (Wildman–Crippen LogP) is 1.41. The van der Waals surface area contributed by atoms with Gasteiger partial charge in [0.25, 0.3) is 0 Å². The third-order valence-electron chi connectivity index (χ3n) is 4.07. The van der Waals surface area contributed by atoms with Crippen molar-refractivity contribution in [1.29, 1.82) is 0 Å². The Morgan fingerprint density at radius 3 is 2.62 bits per heavy atom. The van der Waals surface area contributed by atoms with Crippen molar-refractivity contribution < 1.29 is 22.8 Å². The van der Waals surface area contributed by atoms with E-state index >= 15 is 0 Å². The van der Waals surface area contributed by atoms with Gasteiger partial charge in [0.15, 0.2) is 0 Å². The van der Waals surface area contributed by atoms with Crippen molar-refractivity contribution in [2.45, 2.75) is 50.9 Å². The summed E-state index contributed by atoms with van der Waals surface area (Å²) < 4.78 is 41.2. The van der Waals surface area contributed by atoms with E-state index in [2.05, 4.69) is 10.4 Å². The Labute approximate surface area is 138 Å². The smallest absolute Gasteiger partial charge is 0.352 e. The minimum absolute atomic E-state index is 0.0228. The Balaban J connectivity index is 2.04. The lowest BCUT2D eigenvalue weighted by Crippen LogP contribution is -2.58. The molecule has 1 N–H and O–H groups in total. The van der Waals surface area contributed by atoms with E-state index in [9.17, 15) is 22.8 Å². The maximum atomic E-state index is 13.2. The highest BCUT2D eigenvalue weighted by molar-refractivity contribution is 5.77. The first-order valence-electron chi connectivity index (χ1n) is 7.77. The number of halogens is 3. The Morgan fingerprint density at radius 2 is 2.08 bits per heavy atom. The van der Waals surface area contributed by atoms with Gasteiger partial charge in [-0.05, 0) is 24.8 Å². The van der Waals surface area contributed by atoms with Crippen LogP contribution in [0.2, 0.25) is 0 Å². The Hall–Kier alpha value is -2.06. The first-order valence-corrected chi connectivity index (χ1v) is 7.77. The van der Waals surface area contributed by atoms with Crippen LogP contribution in [0, 0.1) is 0 Å². The molecular weight excluding hydrogens is 325 g/mol. The molecule has 24 heavy (non-hydrogen) atoms. The molecule has 2 amide bonds. The molecule has 2 rings (SSSR count). The number of hydrogen-bond acceptors (Lipinski definition) is 3. The van der Waals surface area contributed by atoms with Crippen LogP contribution < -0.4 is 5.32 Å². The molecular formula is C15H21F3N4O2. The number of nitrogens with one attached hydrogen (secondary N) is 1. The number of carbonyl (C=O) groups is 2. The summed E-state index contributed by atoms with van der Waals surface area (Å²) in [7, 11) is 1.73. The van der Waals surface area contributed by atoms with Gasteiger partial charge in [-0.15, -0.1) is 0 Å². The van der Waals surface area contributed by atoms with Gasteiger partial charge in [0.2, 0.25) is 11.8 Å². The van der Waals surface area contributed by atoms with Gasteiger partial charge in [-0.3, -0.25) is 14.3 Å². The van der Waals surface area contributed by atoms with Crippen molar-refractivity contribution in [3.63, 3.8) is 0 Å². The average Bonchev–Trinajstić information content (AvgIpc) is 2.88. The van der Waals surface area contributed by atoms with Gasteiger partial charge in [0.05, 0.1) is 6.20 Å². The Kier molecular flexibility index (Phi) is 5.51. The second-order valence-electron chi connectivity index (χ2n) is 6.10. The van der Waals surface area contributed by atoms with Crippen molar-refractivity contribution in [3.05, 3.63) is 18.0 Å². The fourth-order valence-electron chi connectivity index (χ4n) is 2.99. The van der Waals surface area contributed by atoms with E-state index in [0.29, 0.717) is 6.42 Å². The van der Waals surface area contributed by atoms with Crippen LogP contribution in [0.3, 0.4) is 0 Å². The molecule has 2 heterocycles. The molecule has 134 valence electrons. The highest BCUT2D eigenvalue weighted by Gasteiger charge is 2.47. The summed E-state index contributed by atoms with van der Waals surface area (Å²) in [4.78, 5) is 24.3. The van der Waals surface area contributed by atoms with Crippen LogP contribution in [0.4, 0.5) is 13.2 Å². The Bertz CT molecular complexity index is 600. The summed E-state index contributed by atoms with van der Waals surface area (Å²) in [5, 5.41) is 6.57. The molecule has 1 aromatic heterocycles. The molecule has 0 aromatic carbocycles. The molecule has 0 aliphatic carbocycles. The van der Waals surface area contributed by atoms with Crippen LogP contribution in [-0.2, 0) is 23.1 Å². The normalized spacial score (nSPS) is 21.6. The van der Waals surface area contributed by atoms with Crippen LogP contribution in [0.1, 0.15) is 31.7 Å². The number of nitrogens with zero attached hydrogens (tertiary/aromatic N) is 3. The summed E-state index contributed by atoms with van der Waals surface area (Å²) >= 11 is 0. The highest BCUT2D eigenvalue weighted by atomic mass is 19.4. The highest BCUT2D eigenvalue weighted by Crippen LogP contribution is 2.32. The number of aromatic nitrogens is 2. The van der Waals surface area contributed by atoms with Gasteiger partial charge in [0, 0.05) is 39.2 Å². The molecule has 1 aliphatic rings. The van der Waals surface area contributed by atoms with Gasteiger partial charge in [0.1, 0.15) is 6.04 Å². The van der Waals surface area contributed by atoms with E-state index in [1.54, 1.807) is 24.1 Å². The van der Waals surface area contributed by atoms with Gasteiger partial charge in [-0.25, -0.2) is 0 Å². The van der Waals surface area contributed by atoms with Crippen LogP contribution in [0.5, 0.6) is 0 Å². The second kappa shape index (κ2) is 7.23. The summed E-state index contributed by atoms with van der Waals surface area (Å²) in [5.41, 5.74) is 0.796. The van der Waals surface area contributed by atoms with Crippen LogP contribution in [0.25, 0.3) is 0 Å². The Morgan fingerprint density at radius 1 is 1.38 bits per heavy atom. The molecule has 0 bridgehead atoms. The molecule has 1 saturated heterocycles. The van der Waals surface area contributed by atoms with Crippen molar-refractivity contribution in [3.8, 4) is 0 Å². The minimum atomic E-state index is -4.47. The van der Waals surface area contributed by atoms with Crippen molar-refractivity contribution >= 4 is 11.8 Å². The number of piperidine rings is 1. The third kappa shape index (κ3) is 4.72. The van der Waals surface area contributed by atoms with E-state index in [1.165, 1.54) is 6.92 Å². The minimum Gasteiger partial charge on any atom is -0.352 e. The zero-order valence-corrected chi connectivity index (χ0v) is 13.6. The van der Waals surface area contributed by atoms with Gasteiger partial charge < -0.3 is 10.2 Å². The molecule has 0 radical (unpaired) electrons. The molecule has 2 atom stereocenters. The SMILES string of the molecule is CC(=O)N[C@H]1CC[C@H](C(F)(F)F)N(C(=O)CCc2cnn(C)c2)C1. The lowest BCUT2D eigenvalue weighted by Gasteiger charge is -2.40. The standard InChI is InChI=1S/C15H21F3N4O2/c1-10(23)20-12-4-5-13(15(16,17)18)22(9-12)14(24)6-3-11-7-19-21(2)8-11/h7-8,12-13H,3-6,9H2,1-2H3,(H,20,23)/t12-,13+/m0/s1. The first kappa shape index (κ1) is 18.3. The molecule has 1 aliphatic heterocycles. The molecule has 0 spiro atoms. The average molecular weight is 346 g/mol. The summed E-state index contributed by atoms with van der Waals surface area (Å²) in [6, 6.07) is -2.23. The van der Waals surface area contributed by atoms with Gasteiger partial charge in [-0.2, -0.15) is 18.3 Å². The number of hydrogen-bond donors (Lipinski definition) is 1. The van der Waals surface area contributed by atoms with E-state index in [1.807, 2.05) is 0 Å². The molecule has 1 aromatic rings. The van der Waals surface area contributed by atoms with E-state index in [4.69, 9.17) is 0 Å². The van der Waals surface area contributed by atoms with E-state index in [-0.39, 0.29) is 31.7 Å². The van der Waals surface area contributed by atoms with Gasteiger partial charge in [-0.1, -0.05) is 0 Å². The maximum Gasteiger partial charge on any atom is 0.408 e. The predicted molar refractivity (Wildman–Crippen MR) is 79.9 cm³/mol. The summed E-state index contributed by atoms with van der Waals surface area (Å²) in [5.74, 6) is -0.871. The lowest BCUT2D eigenvalue weighted by molar-refractivity contribution is -0.197. The summed E-state index contributed by atoms with van der Waals surface area (Å²) in [6.45, 7) is 1.19. The zero-order chi connectivity index (χ0) is 17.9. The van der Waals surface area contributed by atoms with Crippen molar-refractivity contribution in [2.24, 2.45) is 7.05 Å². The van der Waals surface area contributed by atoms with Gasteiger partial charge >= 0.3 is 6.18 Å². The topological polar surface area (TPSA) is 67.2 Å². The maximum absolute atomic E-state index is 13.2. The number of amides is 2. The lowest BCUT2D eigenvalue weighted by atomic mass is 9.96. The van der Waals surface area contributed by atoms with Crippen molar-refractivity contribution in [2.75, 3.05) is 6.54 Å². The fraction of sp³-hybridized carbons (Fsp3) is 0.667. The third-order valence-corrected chi connectivity index (χ3v) is 4.07. The molecule has 9 heteroatoms. The number of carbonyl (C=O) groups excluding carboxylic acids is 2. The zero-order valence-electron chi connectivity index (χ0n) is 13.6. The molecule has 0 saturated carbocycles. The quantitative estimate of drug-likeness (QED) is 0.896. The van der Waals surface area contributed by atoms with E-state index in [0.717, 1.165) is 10.5 Å². The molecule has 6 nitrogen and oxygen atoms in total. The largest absolute Gasteiger partial charge is 0.408 e. The van der Waals surface area contributed by atoms with E-state index < -0.39 is 24.2 Å². The first-order chi connectivity index (χ1) is 11.2. The monoisotopic (exact) mass is 346 g/mol. The number of aryl methyl sites for hydroxylation is 2. The number of alkyl halides is 3. The van der Waals surface area contributed by atoms with Crippen LogP contribution >= 0.6 is 0 Å². The number of rotatable bonds is 4.